The molecule has 2 N–H and O–H groups in total. The van der Waals surface area contributed by atoms with Crippen molar-refractivity contribution in [1.29, 1.82) is 0 Å². The normalized spacial score (nSPS) is 10.1. The first-order valence-corrected chi connectivity index (χ1v) is 6.41. The second-order valence-electron chi connectivity index (χ2n) is 3.67. The highest BCUT2D eigenvalue weighted by Gasteiger charge is 2.04. The fourth-order valence-corrected chi connectivity index (χ4v) is 1.99. The van der Waals surface area contributed by atoms with Crippen LogP contribution in [-0.2, 0) is 0 Å². The van der Waals surface area contributed by atoms with Gasteiger partial charge in [0.25, 0.3) is 0 Å². The Labute approximate surface area is 115 Å². The summed E-state index contributed by atoms with van der Waals surface area (Å²) in [6, 6.07) is 15.2. The Bertz CT molecular complexity index is 482. The van der Waals surface area contributed by atoms with E-state index in [-0.39, 0.29) is 0 Å². The predicted molar refractivity (Wildman–Crippen MR) is 76.0 cm³/mol. The standard InChI is InChI=1S/C14H14BrNO2/c15-12-7-4-8-13(16)14(12)18-10-9-17-11-5-2-1-3-6-11/h1-8H,9-10,16H2. The summed E-state index contributed by atoms with van der Waals surface area (Å²) >= 11 is 3.40. The zero-order chi connectivity index (χ0) is 12.8. The number of benzene rings is 2. The Morgan fingerprint density at radius 3 is 2.33 bits per heavy atom. The van der Waals surface area contributed by atoms with Crippen molar-refractivity contribution >= 4 is 21.6 Å². The smallest absolute Gasteiger partial charge is 0.156 e. The minimum Gasteiger partial charge on any atom is -0.490 e. The molecule has 0 aliphatic heterocycles. The molecule has 0 aliphatic carbocycles. The summed E-state index contributed by atoms with van der Waals surface area (Å²) in [5.74, 6) is 1.50. The fourth-order valence-electron chi connectivity index (χ4n) is 1.50. The average Bonchev–Trinajstić information content (AvgIpc) is 2.38. The Hall–Kier alpha value is -1.68. The summed E-state index contributed by atoms with van der Waals surface area (Å²) in [5.41, 5.74) is 6.43. The van der Waals surface area contributed by atoms with E-state index in [9.17, 15) is 0 Å². The lowest BCUT2D eigenvalue weighted by molar-refractivity contribution is 0.217. The highest BCUT2D eigenvalue weighted by molar-refractivity contribution is 9.10. The topological polar surface area (TPSA) is 44.5 Å². The quantitative estimate of drug-likeness (QED) is 0.679. The van der Waals surface area contributed by atoms with Crippen LogP contribution in [0, 0.1) is 0 Å². The van der Waals surface area contributed by atoms with Crippen LogP contribution in [0.25, 0.3) is 0 Å². The summed E-state index contributed by atoms with van der Waals surface area (Å²) in [4.78, 5) is 0. The second kappa shape index (κ2) is 6.31. The molecule has 0 fully saturated rings. The molecule has 18 heavy (non-hydrogen) atoms. The van der Waals surface area contributed by atoms with Crippen molar-refractivity contribution in [3.05, 3.63) is 53.0 Å². The van der Waals surface area contributed by atoms with Crippen LogP contribution in [0.4, 0.5) is 5.69 Å². The lowest BCUT2D eigenvalue weighted by Crippen LogP contribution is -2.10. The summed E-state index contributed by atoms with van der Waals surface area (Å²) < 4.78 is 12.0. The zero-order valence-electron chi connectivity index (χ0n) is 9.80. The summed E-state index contributed by atoms with van der Waals surface area (Å²) in [6.45, 7) is 0.923. The van der Waals surface area contributed by atoms with E-state index in [0.717, 1.165) is 10.2 Å². The Morgan fingerprint density at radius 2 is 1.61 bits per heavy atom. The number of hydrogen-bond donors (Lipinski definition) is 1. The number of nitrogen functional groups attached to an aromatic ring is 1. The molecule has 4 heteroatoms. The third kappa shape index (κ3) is 3.40. The minimum absolute atomic E-state index is 0.446. The average molecular weight is 308 g/mol. The van der Waals surface area contributed by atoms with E-state index in [1.807, 2.05) is 42.5 Å². The van der Waals surface area contributed by atoms with Gasteiger partial charge in [0.15, 0.2) is 5.75 Å². The molecule has 0 radical (unpaired) electrons. The zero-order valence-corrected chi connectivity index (χ0v) is 11.4. The molecule has 0 atom stereocenters. The second-order valence-corrected chi connectivity index (χ2v) is 4.52. The Kier molecular flexibility index (Phi) is 4.47. The van der Waals surface area contributed by atoms with Gasteiger partial charge in [0.2, 0.25) is 0 Å². The highest BCUT2D eigenvalue weighted by atomic mass is 79.9. The SMILES string of the molecule is Nc1cccc(Br)c1OCCOc1ccccc1. The van der Waals surface area contributed by atoms with Crippen LogP contribution in [0.15, 0.2) is 53.0 Å². The van der Waals surface area contributed by atoms with E-state index in [2.05, 4.69) is 15.9 Å². The number of hydrogen-bond acceptors (Lipinski definition) is 3. The number of ether oxygens (including phenoxy) is 2. The maximum absolute atomic E-state index is 5.82. The third-order valence-electron chi connectivity index (χ3n) is 2.34. The van der Waals surface area contributed by atoms with E-state index in [1.165, 1.54) is 0 Å². The first kappa shape index (κ1) is 12.8. The summed E-state index contributed by atoms with van der Waals surface area (Å²) in [5, 5.41) is 0. The molecular formula is C14H14BrNO2. The van der Waals surface area contributed by atoms with Crippen molar-refractivity contribution in [2.45, 2.75) is 0 Å². The molecule has 0 aliphatic rings. The van der Waals surface area contributed by atoms with Gasteiger partial charge < -0.3 is 15.2 Å². The van der Waals surface area contributed by atoms with Crippen molar-refractivity contribution in [3.63, 3.8) is 0 Å². The predicted octanol–water partition coefficient (Wildman–Crippen LogP) is 3.49. The fraction of sp³-hybridized carbons (Fsp3) is 0.143. The molecule has 0 saturated carbocycles. The molecule has 0 aromatic heterocycles. The third-order valence-corrected chi connectivity index (χ3v) is 2.96. The largest absolute Gasteiger partial charge is 0.490 e. The van der Waals surface area contributed by atoms with Crippen LogP contribution in [0.3, 0.4) is 0 Å². The number of halogens is 1. The van der Waals surface area contributed by atoms with E-state index in [0.29, 0.717) is 24.7 Å². The number of rotatable bonds is 5. The monoisotopic (exact) mass is 307 g/mol. The molecule has 0 heterocycles. The summed E-state index contributed by atoms with van der Waals surface area (Å²) in [6.07, 6.45) is 0. The lowest BCUT2D eigenvalue weighted by atomic mass is 10.3. The first-order chi connectivity index (χ1) is 8.77. The van der Waals surface area contributed by atoms with Gasteiger partial charge in [-0.2, -0.15) is 0 Å². The highest BCUT2D eigenvalue weighted by Crippen LogP contribution is 2.30. The van der Waals surface area contributed by atoms with Gasteiger partial charge in [-0.25, -0.2) is 0 Å². The molecule has 94 valence electrons. The van der Waals surface area contributed by atoms with E-state index in [1.54, 1.807) is 6.07 Å². The first-order valence-electron chi connectivity index (χ1n) is 5.62. The van der Waals surface area contributed by atoms with Gasteiger partial charge in [-0.1, -0.05) is 24.3 Å². The van der Waals surface area contributed by atoms with Gasteiger partial charge in [-0.3, -0.25) is 0 Å². The van der Waals surface area contributed by atoms with Gasteiger partial charge in [-0.05, 0) is 40.2 Å². The number of nitrogens with two attached hydrogens (primary N) is 1. The van der Waals surface area contributed by atoms with Gasteiger partial charge in [0.05, 0.1) is 10.2 Å². The summed E-state index contributed by atoms with van der Waals surface area (Å²) in [7, 11) is 0. The van der Waals surface area contributed by atoms with Crippen molar-refractivity contribution in [2.24, 2.45) is 0 Å². The Balaban J connectivity index is 1.82. The molecule has 0 amide bonds. The van der Waals surface area contributed by atoms with Crippen LogP contribution >= 0.6 is 15.9 Å². The molecule has 0 bridgehead atoms. The van der Waals surface area contributed by atoms with E-state index < -0.39 is 0 Å². The molecule has 0 saturated heterocycles. The van der Waals surface area contributed by atoms with Gasteiger partial charge in [0, 0.05) is 0 Å². The van der Waals surface area contributed by atoms with Crippen LogP contribution in [0.2, 0.25) is 0 Å². The number of para-hydroxylation sites is 2. The van der Waals surface area contributed by atoms with Gasteiger partial charge in [0.1, 0.15) is 19.0 Å². The number of anilines is 1. The van der Waals surface area contributed by atoms with Crippen molar-refractivity contribution in [1.82, 2.24) is 0 Å². The van der Waals surface area contributed by atoms with E-state index in [4.69, 9.17) is 15.2 Å². The molecule has 3 nitrogen and oxygen atoms in total. The van der Waals surface area contributed by atoms with Gasteiger partial charge in [-0.15, -0.1) is 0 Å². The van der Waals surface area contributed by atoms with Crippen LogP contribution in [0.1, 0.15) is 0 Å². The van der Waals surface area contributed by atoms with Gasteiger partial charge >= 0.3 is 0 Å². The molecular weight excluding hydrogens is 294 g/mol. The molecule has 2 rings (SSSR count). The maximum Gasteiger partial charge on any atom is 0.156 e. The maximum atomic E-state index is 5.82. The molecule has 0 unspecified atom stereocenters. The molecule has 2 aromatic carbocycles. The van der Waals surface area contributed by atoms with E-state index >= 15 is 0 Å². The van der Waals surface area contributed by atoms with Crippen molar-refractivity contribution in [2.75, 3.05) is 18.9 Å². The lowest BCUT2D eigenvalue weighted by Gasteiger charge is -2.11. The van der Waals surface area contributed by atoms with Crippen LogP contribution < -0.4 is 15.2 Å². The molecule has 2 aromatic rings. The Morgan fingerprint density at radius 1 is 0.889 bits per heavy atom. The van der Waals surface area contributed by atoms with Crippen LogP contribution in [0.5, 0.6) is 11.5 Å². The molecule has 0 spiro atoms. The van der Waals surface area contributed by atoms with Crippen molar-refractivity contribution < 1.29 is 9.47 Å². The van der Waals surface area contributed by atoms with Crippen LogP contribution in [-0.4, -0.2) is 13.2 Å². The minimum atomic E-state index is 0.446. The van der Waals surface area contributed by atoms with Crippen molar-refractivity contribution in [3.8, 4) is 11.5 Å².